The van der Waals surface area contributed by atoms with Crippen molar-refractivity contribution >= 4 is 22.5 Å². The molecule has 0 spiro atoms. The summed E-state index contributed by atoms with van der Waals surface area (Å²) in [7, 11) is 2.11. The van der Waals surface area contributed by atoms with Gasteiger partial charge in [-0.1, -0.05) is 37.3 Å². The van der Waals surface area contributed by atoms with Crippen LogP contribution in [0.2, 0.25) is 0 Å². The highest BCUT2D eigenvalue weighted by atomic mass is 19.1. The van der Waals surface area contributed by atoms with Crippen LogP contribution in [0.1, 0.15) is 18.9 Å². The standard InChI is InChI=1S/C25H25FN4O/c1-3-15-29(2)17-18-9-12-20(13-10-18)27-25-28-23-14-11-19(26)16-22(23)24(31)30(25)21-7-5-4-6-8-21/h4-14,16H,3,15,17H2,1-2H3,(H,27,28). The molecule has 1 aromatic heterocycles. The number of hydrogen-bond donors (Lipinski definition) is 1. The smallest absolute Gasteiger partial charge is 0.267 e. The van der Waals surface area contributed by atoms with Gasteiger partial charge >= 0.3 is 0 Å². The van der Waals surface area contributed by atoms with Crippen LogP contribution in [0, 0.1) is 5.82 Å². The normalized spacial score (nSPS) is 11.2. The summed E-state index contributed by atoms with van der Waals surface area (Å²) < 4.78 is 15.3. The van der Waals surface area contributed by atoms with Crippen LogP contribution >= 0.6 is 0 Å². The third-order valence-corrected chi connectivity index (χ3v) is 5.11. The average molecular weight is 417 g/mol. The summed E-state index contributed by atoms with van der Waals surface area (Å²) in [6.07, 6.45) is 1.12. The van der Waals surface area contributed by atoms with Crippen molar-refractivity contribution in [1.82, 2.24) is 14.5 Å². The highest BCUT2D eigenvalue weighted by molar-refractivity contribution is 5.80. The Morgan fingerprint density at radius 2 is 1.77 bits per heavy atom. The molecule has 3 aromatic carbocycles. The summed E-state index contributed by atoms with van der Waals surface area (Å²) in [6.45, 7) is 4.09. The van der Waals surface area contributed by atoms with Gasteiger partial charge in [-0.05, 0) is 68.0 Å². The van der Waals surface area contributed by atoms with Gasteiger partial charge in [0.25, 0.3) is 5.56 Å². The number of hydrogen-bond acceptors (Lipinski definition) is 4. The van der Waals surface area contributed by atoms with Crippen molar-refractivity contribution in [2.75, 3.05) is 18.9 Å². The van der Waals surface area contributed by atoms with Gasteiger partial charge in [0.2, 0.25) is 5.95 Å². The van der Waals surface area contributed by atoms with Gasteiger partial charge in [-0.3, -0.25) is 4.79 Å². The second-order valence-electron chi connectivity index (χ2n) is 7.63. The first-order chi connectivity index (χ1) is 15.0. The molecule has 0 unspecified atom stereocenters. The summed E-state index contributed by atoms with van der Waals surface area (Å²) in [4.78, 5) is 20.1. The molecule has 158 valence electrons. The number of benzene rings is 3. The third-order valence-electron chi connectivity index (χ3n) is 5.11. The van der Waals surface area contributed by atoms with Gasteiger partial charge in [-0.25, -0.2) is 13.9 Å². The third kappa shape index (κ3) is 4.64. The molecule has 31 heavy (non-hydrogen) atoms. The molecule has 0 bridgehead atoms. The minimum Gasteiger partial charge on any atom is -0.325 e. The van der Waals surface area contributed by atoms with E-state index in [1.807, 2.05) is 42.5 Å². The van der Waals surface area contributed by atoms with Crippen molar-refractivity contribution in [2.45, 2.75) is 19.9 Å². The largest absolute Gasteiger partial charge is 0.325 e. The molecule has 0 aliphatic heterocycles. The molecule has 0 atom stereocenters. The Hall–Kier alpha value is -3.51. The van der Waals surface area contributed by atoms with Crippen LogP contribution in [0.15, 0.2) is 77.6 Å². The van der Waals surface area contributed by atoms with Crippen molar-refractivity contribution in [1.29, 1.82) is 0 Å². The minimum absolute atomic E-state index is 0.240. The molecule has 0 saturated heterocycles. The van der Waals surface area contributed by atoms with Crippen LogP contribution in [-0.4, -0.2) is 28.0 Å². The van der Waals surface area contributed by atoms with Crippen LogP contribution in [0.5, 0.6) is 0 Å². The van der Waals surface area contributed by atoms with E-state index in [4.69, 9.17) is 0 Å². The fourth-order valence-corrected chi connectivity index (χ4v) is 3.65. The van der Waals surface area contributed by atoms with Gasteiger partial charge in [0.15, 0.2) is 0 Å². The lowest BCUT2D eigenvalue weighted by Crippen LogP contribution is -2.23. The van der Waals surface area contributed by atoms with E-state index in [0.29, 0.717) is 17.2 Å². The number of halogens is 1. The van der Waals surface area contributed by atoms with Gasteiger partial charge < -0.3 is 10.2 Å². The van der Waals surface area contributed by atoms with Gasteiger partial charge in [0, 0.05) is 12.2 Å². The lowest BCUT2D eigenvalue weighted by molar-refractivity contribution is 0.327. The van der Waals surface area contributed by atoms with Crippen molar-refractivity contribution in [3.05, 3.63) is 94.5 Å². The molecular formula is C25H25FN4O. The number of anilines is 2. The quantitative estimate of drug-likeness (QED) is 0.455. The van der Waals surface area contributed by atoms with Gasteiger partial charge in [0.05, 0.1) is 16.6 Å². The van der Waals surface area contributed by atoms with E-state index in [1.165, 1.54) is 28.3 Å². The van der Waals surface area contributed by atoms with Crippen LogP contribution in [-0.2, 0) is 6.54 Å². The monoisotopic (exact) mass is 416 g/mol. The number of para-hydroxylation sites is 1. The molecule has 0 radical (unpaired) electrons. The van der Waals surface area contributed by atoms with E-state index in [1.54, 1.807) is 0 Å². The summed E-state index contributed by atoms with van der Waals surface area (Å²) in [5.74, 6) is -0.0819. The lowest BCUT2D eigenvalue weighted by atomic mass is 10.2. The van der Waals surface area contributed by atoms with Gasteiger partial charge in [-0.2, -0.15) is 0 Å². The molecule has 0 aliphatic rings. The Bertz CT molecular complexity index is 1240. The first-order valence-electron chi connectivity index (χ1n) is 10.4. The SMILES string of the molecule is CCCN(C)Cc1ccc(Nc2nc3ccc(F)cc3c(=O)n2-c2ccccc2)cc1. The first kappa shape index (κ1) is 20.8. The lowest BCUT2D eigenvalue weighted by Gasteiger charge is -2.17. The maximum Gasteiger partial charge on any atom is 0.267 e. The highest BCUT2D eigenvalue weighted by Gasteiger charge is 2.14. The van der Waals surface area contributed by atoms with Crippen LogP contribution in [0.4, 0.5) is 16.0 Å². The van der Waals surface area contributed by atoms with E-state index in [0.717, 1.165) is 25.2 Å². The van der Waals surface area contributed by atoms with Crippen molar-refractivity contribution in [3.63, 3.8) is 0 Å². The van der Waals surface area contributed by atoms with E-state index in [9.17, 15) is 9.18 Å². The maximum atomic E-state index is 13.8. The number of aromatic nitrogens is 2. The molecule has 0 aliphatic carbocycles. The van der Waals surface area contributed by atoms with E-state index in [2.05, 4.69) is 41.3 Å². The predicted molar refractivity (Wildman–Crippen MR) is 124 cm³/mol. The van der Waals surface area contributed by atoms with Crippen LogP contribution in [0.3, 0.4) is 0 Å². The maximum absolute atomic E-state index is 13.8. The average Bonchev–Trinajstić information content (AvgIpc) is 2.77. The number of fused-ring (bicyclic) bond motifs is 1. The molecule has 5 nitrogen and oxygen atoms in total. The number of nitrogens with one attached hydrogen (secondary N) is 1. The zero-order valence-corrected chi connectivity index (χ0v) is 17.7. The van der Waals surface area contributed by atoms with Gasteiger partial charge in [0.1, 0.15) is 5.82 Å². The Morgan fingerprint density at radius 3 is 2.48 bits per heavy atom. The first-order valence-corrected chi connectivity index (χ1v) is 10.4. The molecule has 1 N–H and O–H groups in total. The zero-order valence-electron chi connectivity index (χ0n) is 17.7. The van der Waals surface area contributed by atoms with E-state index < -0.39 is 5.82 Å². The van der Waals surface area contributed by atoms with Crippen molar-refractivity contribution < 1.29 is 4.39 Å². The van der Waals surface area contributed by atoms with Crippen molar-refractivity contribution in [2.24, 2.45) is 0 Å². The fraction of sp³-hybridized carbons (Fsp3) is 0.200. The Kier molecular flexibility index (Phi) is 6.09. The number of rotatable bonds is 7. The van der Waals surface area contributed by atoms with Crippen LogP contribution < -0.4 is 10.9 Å². The van der Waals surface area contributed by atoms with E-state index >= 15 is 0 Å². The minimum atomic E-state index is -0.463. The fourth-order valence-electron chi connectivity index (χ4n) is 3.65. The zero-order chi connectivity index (χ0) is 21.8. The molecule has 1 heterocycles. The molecule has 0 saturated carbocycles. The highest BCUT2D eigenvalue weighted by Crippen LogP contribution is 2.21. The van der Waals surface area contributed by atoms with Crippen LogP contribution in [0.25, 0.3) is 16.6 Å². The second kappa shape index (κ2) is 9.10. The summed E-state index contributed by atoms with van der Waals surface area (Å²) in [5, 5.41) is 3.51. The molecule has 0 fully saturated rings. The predicted octanol–water partition coefficient (Wildman–Crippen LogP) is 5.11. The van der Waals surface area contributed by atoms with E-state index in [-0.39, 0.29) is 10.9 Å². The summed E-state index contributed by atoms with van der Waals surface area (Å²) >= 11 is 0. The number of nitrogens with zero attached hydrogens (tertiary/aromatic N) is 3. The van der Waals surface area contributed by atoms with Crippen molar-refractivity contribution in [3.8, 4) is 5.69 Å². The topological polar surface area (TPSA) is 50.2 Å². The molecular weight excluding hydrogens is 391 g/mol. The Labute approximate surface area is 180 Å². The molecule has 0 amide bonds. The Balaban J connectivity index is 1.73. The second-order valence-corrected chi connectivity index (χ2v) is 7.63. The molecule has 4 rings (SSSR count). The molecule has 6 heteroatoms. The van der Waals surface area contributed by atoms with Gasteiger partial charge in [-0.15, -0.1) is 0 Å². The summed E-state index contributed by atoms with van der Waals surface area (Å²) in [6, 6.07) is 21.4. The summed E-state index contributed by atoms with van der Waals surface area (Å²) in [5.41, 5.74) is 2.81. The Morgan fingerprint density at radius 1 is 1.03 bits per heavy atom. The molecule has 4 aromatic rings.